The largest absolute Gasteiger partial charge is 0.481 e. The van der Waals surface area contributed by atoms with Crippen LogP contribution >= 0.6 is 0 Å². The van der Waals surface area contributed by atoms with Crippen LogP contribution in [0.2, 0.25) is 0 Å². The molecule has 0 bridgehead atoms. The molecule has 1 saturated heterocycles. The van der Waals surface area contributed by atoms with Gasteiger partial charge in [-0.05, 0) is 31.0 Å². The van der Waals surface area contributed by atoms with Crippen molar-refractivity contribution in [2.24, 2.45) is 5.92 Å². The Bertz CT molecular complexity index is 503. The molecule has 4 nitrogen and oxygen atoms in total. The number of hydrogen-bond donors (Lipinski definition) is 1. The number of likely N-dealkylation sites (tertiary alicyclic amines) is 1. The molecule has 0 spiro atoms. The zero-order valence-electron chi connectivity index (χ0n) is 10.7. The highest BCUT2D eigenvalue weighted by atomic mass is 19.1. The molecule has 1 heterocycles. The molecule has 1 aliphatic rings. The van der Waals surface area contributed by atoms with Crippen molar-refractivity contribution in [2.75, 3.05) is 6.54 Å². The topological polar surface area (TPSA) is 57.6 Å². The number of carbonyl (C=O) groups is 2. The van der Waals surface area contributed by atoms with E-state index in [2.05, 4.69) is 0 Å². The Morgan fingerprint density at radius 3 is 2.89 bits per heavy atom. The molecular formula is C14H16FNO3. The van der Waals surface area contributed by atoms with Crippen LogP contribution in [0.5, 0.6) is 0 Å². The molecule has 1 aliphatic heterocycles. The van der Waals surface area contributed by atoms with Crippen LogP contribution in [0.1, 0.15) is 31.4 Å². The van der Waals surface area contributed by atoms with Gasteiger partial charge >= 0.3 is 5.97 Å². The van der Waals surface area contributed by atoms with Gasteiger partial charge in [-0.1, -0.05) is 12.1 Å². The number of nitrogens with zero attached hydrogens (tertiary/aromatic N) is 1. The number of halogens is 1. The van der Waals surface area contributed by atoms with Crippen molar-refractivity contribution in [3.8, 4) is 0 Å². The van der Waals surface area contributed by atoms with E-state index in [4.69, 9.17) is 5.11 Å². The van der Waals surface area contributed by atoms with Gasteiger partial charge in [0.2, 0.25) is 5.91 Å². The van der Waals surface area contributed by atoms with Gasteiger partial charge < -0.3 is 10.0 Å². The van der Waals surface area contributed by atoms with Gasteiger partial charge in [0.1, 0.15) is 5.82 Å². The van der Waals surface area contributed by atoms with Gasteiger partial charge in [-0.3, -0.25) is 9.59 Å². The van der Waals surface area contributed by atoms with Gasteiger partial charge in [0, 0.05) is 13.0 Å². The number of carboxylic acids is 1. The molecule has 1 amide bonds. The Kier molecular flexibility index (Phi) is 3.83. The maximum absolute atomic E-state index is 13.2. The first-order chi connectivity index (χ1) is 8.99. The lowest BCUT2D eigenvalue weighted by atomic mass is 9.95. The maximum atomic E-state index is 13.2. The molecule has 2 atom stereocenters. The van der Waals surface area contributed by atoms with E-state index in [-0.39, 0.29) is 30.7 Å². The predicted molar refractivity (Wildman–Crippen MR) is 66.9 cm³/mol. The molecule has 0 aliphatic carbocycles. The van der Waals surface area contributed by atoms with Crippen molar-refractivity contribution >= 4 is 11.9 Å². The van der Waals surface area contributed by atoms with Gasteiger partial charge in [0.05, 0.1) is 12.0 Å². The van der Waals surface area contributed by atoms with E-state index in [1.807, 2.05) is 0 Å². The van der Waals surface area contributed by atoms with E-state index in [9.17, 15) is 14.0 Å². The van der Waals surface area contributed by atoms with Crippen LogP contribution in [-0.2, 0) is 9.59 Å². The van der Waals surface area contributed by atoms with Gasteiger partial charge in [-0.15, -0.1) is 0 Å². The first kappa shape index (κ1) is 13.5. The summed E-state index contributed by atoms with van der Waals surface area (Å²) in [7, 11) is 0. The van der Waals surface area contributed by atoms with Gasteiger partial charge in [-0.2, -0.15) is 0 Å². The molecule has 2 rings (SSSR count). The Balaban J connectivity index is 2.19. The molecule has 0 aromatic heterocycles. The van der Waals surface area contributed by atoms with E-state index in [1.54, 1.807) is 19.1 Å². The summed E-state index contributed by atoms with van der Waals surface area (Å²) in [4.78, 5) is 24.4. The van der Waals surface area contributed by atoms with Crippen LogP contribution in [0.25, 0.3) is 0 Å². The fourth-order valence-electron chi connectivity index (χ4n) is 2.39. The van der Waals surface area contributed by atoms with Crippen molar-refractivity contribution in [1.29, 1.82) is 0 Å². The van der Waals surface area contributed by atoms with Gasteiger partial charge in [-0.25, -0.2) is 4.39 Å². The summed E-state index contributed by atoms with van der Waals surface area (Å²) in [5.41, 5.74) is 0.680. The standard InChI is InChI=1S/C14H16FNO3/c1-9(10-3-2-4-12(15)7-10)16-8-11(14(18)19)5-6-13(16)17/h2-4,7,9,11H,5-6,8H2,1H3,(H,18,19). The van der Waals surface area contributed by atoms with Crippen LogP contribution in [0, 0.1) is 11.7 Å². The number of rotatable bonds is 3. The summed E-state index contributed by atoms with van der Waals surface area (Å²) >= 11 is 0. The number of piperidine rings is 1. The van der Waals surface area contributed by atoms with Crippen molar-refractivity contribution in [3.05, 3.63) is 35.6 Å². The molecule has 0 radical (unpaired) electrons. The first-order valence-electron chi connectivity index (χ1n) is 6.26. The lowest BCUT2D eigenvalue weighted by Crippen LogP contribution is -2.43. The fourth-order valence-corrected chi connectivity index (χ4v) is 2.39. The molecule has 0 saturated carbocycles. The molecular weight excluding hydrogens is 249 g/mol. The second kappa shape index (κ2) is 5.38. The number of aliphatic carboxylic acids is 1. The van der Waals surface area contributed by atoms with Crippen molar-refractivity contribution < 1.29 is 19.1 Å². The van der Waals surface area contributed by atoms with E-state index in [0.29, 0.717) is 12.0 Å². The minimum absolute atomic E-state index is 0.0748. The quantitative estimate of drug-likeness (QED) is 0.911. The highest BCUT2D eigenvalue weighted by Gasteiger charge is 2.33. The Labute approximate surface area is 110 Å². The molecule has 102 valence electrons. The van der Waals surface area contributed by atoms with Gasteiger partial charge in [0.25, 0.3) is 0 Å². The van der Waals surface area contributed by atoms with E-state index >= 15 is 0 Å². The summed E-state index contributed by atoms with van der Waals surface area (Å²) in [5.74, 6) is -1.85. The SMILES string of the molecule is CC(c1cccc(F)c1)N1CC(C(=O)O)CCC1=O. The summed E-state index contributed by atoms with van der Waals surface area (Å²) in [6, 6.07) is 5.73. The van der Waals surface area contributed by atoms with Crippen LogP contribution in [0.3, 0.4) is 0 Å². The minimum atomic E-state index is -0.885. The first-order valence-corrected chi connectivity index (χ1v) is 6.26. The van der Waals surface area contributed by atoms with E-state index < -0.39 is 11.9 Å². The molecule has 2 unspecified atom stereocenters. The average Bonchev–Trinajstić information content (AvgIpc) is 2.38. The maximum Gasteiger partial charge on any atom is 0.308 e. The molecule has 1 aromatic rings. The molecule has 5 heteroatoms. The van der Waals surface area contributed by atoms with Crippen molar-refractivity contribution in [2.45, 2.75) is 25.8 Å². The number of carboxylic acid groups (broad SMARTS) is 1. The zero-order chi connectivity index (χ0) is 14.0. The van der Waals surface area contributed by atoms with Crippen molar-refractivity contribution in [1.82, 2.24) is 4.90 Å². The highest BCUT2D eigenvalue weighted by molar-refractivity contribution is 5.80. The number of benzene rings is 1. The molecule has 1 fully saturated rings. The lowest BCUT2D eigenvalue weighted by molar-refractivity contribution is -0.148. The summed E-state index contributed by atoms with van der Waals surface area (Å²) in [6.45, 7) is 1.97. The van der Waals surface area contributed by atoms with Crippen molar-refractivity contribution in [3.63, 3.8) is 0 Å². The molecule has 1 aromatic carbocycles. The fraction of sp³-hybridized carbons (Fsp3) is 0.429. The second-order valence-electron chi connectivity index (χ2n) is 4.85. The monoisotopic (exact) mass is 265 g/mol. The van der Waals surface area contributed by atoms with Crippen LogP contribution < -0.4 is 0 Å². The van der Waals surface area contributed by atoms with Gasteiger partial charge in [0.15, 0.2) is 0 Å². The van der Waals surface area contributed by atoms with Crippen LogP contribution in [0.4, 0.5) is 4.39 Å². The highest BCUT2D eigenvalue weighted by Crippen LogP contribution is 2.27. The Hall–Kier alpha value is -1.91. The third-order valence-corrected chi connectivity index (χ3v) is 3.59. The number of hydrogen-bond acceptors (Lipinski definition) is 2. The Morgan fingerprint density at radius 1 is 1.53 bits per heavy atom. The predicted octanol–water partition coefficient (Wildman–Crippen LogP) is 2.21. The molecule has 1 N–H and O–H groups in total. The third-order valence-electron chi connectivity index (χ3n) is 3.59. The number of amides is 1. The van der Waals surface area contributed by atoms with E-state index in [0.717, 1.165) is 0 Å². The second-order valence-corrected chi connectivity index (χ2v) is 4.85. The summed E-state index contributed by atoms with van der Waals surface area (Å²) < 4.78 is 13.2. The summed E-state index contributed by atoms with van der Waals surface area (Å²) in [5, 5.41) is 9.04. The number of carbonyl (C=O) groups excluding carboxylic acids is 1. The lowest BCUT2D eigenvalue weighted by Gasteiger charge is -2.35. The third kappa shape index (κ3) is 2.92. The Morgan fingerprint density at radius 2 is 2.26 bits per heavy atom. The summed E-state index contributed by atoms with van der Waals surface area (Å²) in [6.07, 6.45) is 0.608. The van der Waals surface area contributed by atoms with Crippen LogP contribution in [-0.4, -0.2) is 28.4 Å². The smallest absolute Gasteiger partial charge is 0.308 e. The van der Waals surface area contributed by atoms with E-state index in [1.165, 1.54) is 17.0 Å². The minimum Gasteiger partial charge on any atom is -0.481 e. The zero-order valence-corrected chi connectivity index (χ0v) is 10.7. The normalized spacial score (nSPS) is 21.3. The average molecular weight is 265 g/mol. The van der Waals surface area contributed by atoms with Crippen LogP contribution in [0.15, 0.2) is 24.3 Å². The molecule has 19 heavy (non-hydrogen) atoms.